The van der Waals surface area contributed by atoms with Gasteiger partial charge in [0.1, 0.15) is 11.5 Å². The summed E-state index contributed by atoms with van der Waals surface area (Å²) >= 11 is 0. The zero-order valence-electron chi connectivity index (χ0n) is 17.9. The zero-order chi connectivity index (χ0) is 21.1. The van der Waals surface area contributed by atoms with Gasteiger partial charge in [-0.25, -0.2) is 0 Å². The molecule has 2 fully saturated rings. The Bertz CT molecular complexity index is 879. The minimum Gasteiger partial charge on any atom is -0.494 e. The van der Waals surface area contributed by atoms with Gasteiger partial charge in [-0.05, 0) is 81.3 Å². The van der Waals surface area contributed by atoms with Gasteiger partial charge in [-0.2, -0.15) is 0 Å². The summed E-state index contributed by atoms with van der Waals surface area (Å²) in [5.41, 5.74) is 3.82. The van der Waals surface area contributed by atoms with E-state index in [1.807, 2.05) is 74.5 Å². The molecule has 0 aliphatic carbocycles. The van der Waals surface area contributed by atoms with Crippen LogP contribution in [-0.4, -0.2) is 43.0 Å². The number of likely N-dealkylation sites (N-methyl/N-ethyl adjacent to an activating group) is 1. The molecule has 4 rings (SSSR count). The Kier molecular flexibility index (Phi) is 6.05. The summed E-state index contributed by atoms with van der Waals surface area (Å²) in [6, 6.07) is 16.3. The van der Waals surface area contributed by atoms with E-state index in [1.54, 1.807) is 0 Å². The molecule has 2 aliphatic rings. The molecule has 2 aliphatic heterocycles. The molecule has 0 N–H and O–H groups in total. The molecule has 0 radical (unpaired) electrons. The second-order valence-corrected chi connectivity index (χ2v) is 7.81. The molecule has 2 bridgehead atoms. The predicted molar refractivity (Wildman–Crippen MR) is 121 cm³/mol. The van der Waals surface area contributed by atoms with Crippen LogP contribution in [0.5, 0.6) is 11.5 Å². The van der Waals surface area contributed by atoms with Crippen molar-refractivity contribution in [2.45, 2.75) is 38.8 Å². The lowest BCUT2D eigenvalue weighted by molar-refractivity contribution is -0.114. The molecule has 2 atom stereocenters. The van der Waals surface area contributed by atoms with Gasteiger partial charge in [0.05, 0.1) is 13.2 Å². The first kappa shape index (κ1) is 20.4. The number of fused-ring (bicyclic) bond motifs is 2. The summed E-state index contributed by atoms with van der Waals surface area (Å²) in [7, 11) is 2.13. The van der Waals surface area contributed by atoms with Gasteiger partial charge in [0.25, 0.3) is 0 Å². The van der Waals surface area contributed by atoms with Gasteiger partial charge < -0.3 is 9.47 Å². The maximum absolute atomic E-state index is 13.5. The van der Waals surface area contributed by atoms with Crippen molar-refractivity contribution < 1.29 is 14.3 Å². The first-order valence-corrected chi connectivity index (χ1v) is 10.8. The van der Waals surface area contributed by atoms with Crippen LogP contribution in [-0.2, 0) is 4.79 Å². The molecule has 2 unspecified atom stereocenters. The molecule has 4 heteroatoms. The number of hydrogen-bond donors (Lipinski definition) is 0. The van der Waals surface area contributed by atoms with Crippen LogP contribution in [0.1, 0.15) is 37.8 Å². The van der Waals surface area contributed by atoms with Gasteiger partial charge in [-0.15, -0.1) is 0 Å². The first-order valence-electron chi connectivity index (χ1n) is 10.8. The highest BCUT2D eigenvalue weighted by atomic mass is 16.5. The van der Waals surface area contributed by atoms with Crippen LogP contribution in [0.3, 0.4) is 0 Å². The minimum absolute atomic E-state index is 0.170. The summed E-state index contributed by atoms with van der Waals surface area (Å²) in [6.45, 7) is 5.24. The molecule has 0 saturated carbocycles. The molecule has 0 aromatic heterocycles. The number of nitrogens with zero attached hydrogens (tertiary/aromatic N) is 1. The average Bonchev–Trinajstić information content (AvgIpc) is 3.07. The van der Waals surface area contributed by atoms with E-state index < -0.39 is 0 Å². The number of ketones is 1. The summed E-state index contributed by atoms with van der Waals surface area (Å²) in [6.07, 6.45) is 6.12. The fourth-order valence-corrected chi connectivity index (χ4v) is 4.50. The van der Waals surface area contributed by atoms with E-state index in [0.29, 0.717) is 13.2 Å². The van der Waals surface area contributed by atoms with Crippen LogP contribution < -0.4 is 9.47 Å². The average molecular weight is 404 g/mol. The molecule has 0 amide bonds. The monoisotopic (exact) mass is 403 g/mol. The molecule has 2 aromatic rings. The Labute approximate surface area is 178 Å². The van der Waals surface area contributed by atoms with Crippen molar-refractivity contribution in [3.05, 3.63) is 70.8 Å². The van der Waals surface area contributed by atoms with Crippen LogP contribution in [0.15, 0.2) is 59.7 Å². The highest BCUT2D eigenvalue weighted by Gasteiger charge is 2.44. The Morgan fingerprint density at radius 3 is 1.57 bits per heavy atom. The summed E-state index contributed by atoms with van der Waals surface area (Å²) < 4.78 is 11.1. The molecule has 2 heterocycles. The number of rotatable bonds is 6. The van der Waals surface area contributed by atoms with Gasteiger partial charge in [-0.3, -0.25) is 9.69 Å². The maximum atomic E-state index is 13.5. The number of piperidine rings is 1. The number of hydrogen-bond acceptors (Lipinski definition) is 4. The second kappa shape index (κ2) is 8.88. The van der Waals surface area contributed by atoms with Crippen molar-refractivity contribution in [1.29, 1.82) is 0 Å². The van der Waals surface area contributed by atoms with Gasteiger partial charge in [-0.1, -0.05) is 24.3 Å². The van der Waals surface area contributed by atoms with Gasteiger partial charge in [0, 0.05) is 23.2 Å². The Morgan fingerprint density at radius 1 is 0.800 bits per heavy atom. The zero-order valence-corrected chi connectivity index (χ0v) is 17.9. The minimum atomic E-state index is 0.170. The Balaban J connectivity index is 1.65. The lowest BCUT2D eigenvalue weighted by atomic mass is 9.88. The maximum Gasteiger partial charge on any atom is 0.188 e. The molecule has 4 nitrogen and oxygen atoms in total. The number of carbonyl (C=O) groups excluding carboxylic acids is 1. The fourth-order valence-electron chi connectivity index (χ4n) is 4.50. The van der Waals surface area contributed by atoms with Crippen molar-refractivity contribution in [3.63, 3.8) is 0 Å². The highest BCUT2D eigenvalue weighted by Crippen LogP contribution is 2.40. The topological polar surface area (TPSA) is 38.8 Å². The third-order valence-electron chi connectivity index (χ3n) is 5.97. The number of benzene rings is 2. The molecular weight excluding hydrogens is 374 g/mol. The fraction of sp³-hybridized carbons (Fsp3) is 0.346. The van der Waals surface area contributed by atoms with Crippen LogP contribution in [0.2, 0.25) is 0 Å². The number of Topliss-reactive ketones (excluding diaryl/α,β-unsaturated/α-hetero) is 1. The predicted octanol–water partition coefficient (Wildman–Crippen LogP) is 5.00. The van der Waals surface area contributed by atoms with Crippen molar-refractivity contribution in [1.82, 2.24) is 4.90 Å². The normalized spacial score (nSPS) is 23.9. The second-order valence-electron chi connectivity index (χ2n) is 7.81. The molecule has 156 valence electrons. The first-order chi connectivity index (χ1) is 14.6. The standard InChI is InChI=1S/C26H29NO3/c1-4-29-20-10-6-18(7-11-20)16-22-24-14-15-25(27(24)3)23(26(22)28)17-19-8-12-21(13-9-19)30-5-2/h6-13,16-17,24-25H,4-5,14-15H2,1-3H3. The van der Waals surface area contributed by atoms with Gasteiger partial charge in [0.15, 0.2) is 5.78 Å². The summed E-state index contributed by atoms with van der Waals surface area (Å²) in [5, 5.41) is 0. The van der Waals surface area contributed by atoms with E-state index in [2.05, 4.69) is 11.9 Å². The lowest BCUT2D eigenvalue weighted by Gasteiger charge is -2.34. The van der Waals surface area contributed by atoms with E-state index in [9.17, 15) is 4.79 Å². The molecule has 2 aromatic carbocycles. The molecule has 2 saturated heterocycles. The summed E-state index contributed by atoms with van der Waals surface area (Å²) in [5.74, 6) is 1.87. The Morgan fingerprint density at radius 2 is 1.20 bits per heavy atom. The van der Waals surface area contributed by atoms with Crippen LogP contribution in [0.25, 0.3) is 12.2 Å². The van der Waals surface area contributed by atoms with Crippen LogP contribution >= 0.6 is 0 Å². The van der Waals surface area contributed by atoms with Crippen LogP contribution in [0.4, 0.5) is 0 Å². The van der Waals surface area contributed by atoms with Gasteiger partial charge in [0.2, 0.25) is 0 Å². The molecule has 0 spiro atoms. The van der Waals surface area contributed by atoms with Crippen molar-refractivity contribution in [2.75, 3.05) is 20.3 Å². The molecular formula is C26H29NO3. The quantitative estimate of drug-likeness (QED) is 0.637. The summed E-state index contributed by atoms with van der Waals surface area (Å²) in [4.78, 5) is 15.8. The Hall–Kier alpha value is -2.85. The number of carbonyl (C=O) groups is 1. The van der Waals surface area contributed by atoms with E-state index in [1.165, 1.54) is 0 Å². The van der Waals surface area contributed by atoms with Crippen molar-refractivity contribution in [3.8, 4) is 11.5 Å². The van der Waals surface area contributed by atoms with Crippen molar-refractivity contribution >= 4 is 17.9 Å². The van der Waals surface area contributed by atoms with E-state index in [0.717, 1.165) is 46.6 Å². The molecule has 30 heavy (non-hydrogen) atoms. The van der Waals surface area contributed by atoms with E-state index in [-0.39, 0.29) is 17.9 Å². The highest BCUT2D eigenvalue weighted by molar-refractivity contribution is 6.16. The van der Waals surface area contributed by atoms with Crippen LogP contribution in [0, 0.1) is 0 Å². The lowest BCUT2D eigenvalue weighted by Crippen LogP contribution is -2.43. The third-order valence-corrected chi connectivity index (χ3v) is 5.97. The van der Waals surface area contributed by atoms with E-state index >= 15 is 0 Å². The van der Waals surface area contributed by atoms with Gasteiger partial charge >= 0.3 is 0 Å². The smallest absolute Gasteiger partial charge is 0.188 e. The van der Waals surface area contributed by atoms with Crippen molar-refractivity contribution in [2.24, 2.45) is 0 Å². The largest absolute Gasteiger partial charge is 0.494 e. The third kappa shape index (κ3) is 4.05. The van der Waals surface area contributed by atoms with E-state index in [4.69, 9.17) is 9.47 Å². The SMILES string of the molecule is CCOc1ccc(C=C2C(=O)C(=Cc3ccc(OCC)cc3)C3CCC2N3C)cc1. The number of ether oxygens (including phenoxy) is 2.